The van der Waals surface area contributed by atoms with E-state index in [0.717, 1.165) is 25.0 Å². The van der Waals surface area contributed by atoms with Crippen LogP contribution in [0.3, 0.4) is 0 Å². The molecule has 92 valence electrons. The van der Waals surface area contributed by atoms with Crippen molar-refractivity contribution in [2.75, 3.05) is 6.61 Å². The Bertz CT molecular complexity index is 464. The third-order valence-corrected chi connectivity index (χ3v) is 3.00. The molecule has 1 aromatic heterocycles. The van der Waals surface area contributed by atoms with Crippen LogP contribution in [-0.2, 0) is 6.54 Å². The van der Waals surface area contributed by atoms with Gasteiger partial charge in [-0.2, -0.15) is 0 Å². The minimum atomic E-state index is 0.265. The Balaban J connectivity index is 1.95. The lowest BCUT2D eigenvalue weighted by Crippen LogP contribution is -2.25. The average Bonchev–Trinajstić information content (AvgIpc) is 2.77. The van der Waals surface area contributed by atoms with Crippen LogP contribution < -0.4 is 5.32 Å². The monoisotopic (exact) mass is 233 g/mol. The molecule has 0 amide bonds. The molecule has 2 N–H and O–H groups in total. The second-order valence-corrected chi connectivity index (χ2v) is 4.40. The first-order chi connectivity index (χ1) is 8.31. The van der Waals surface area contributed by atoms with E-state index in [1.165, 1.54) is 10.9 Å². The topological polar surface area (TPSA) is 45.4 Å². The molecule has 0 bridgehead atoms. The van der Waals surface area contributed by atoms with Crippen LogP contribution in [0, 0.1) is 0 Å². The first-order valence-corrected chi connectivity index (χ1v) is 6.10. The number of hydrogen-bond donors (Lipinski definition) is 2. The Morgan fingerprint density at radius 3 is 3.00 bits per heavy atom. The highest BCUT2D eigenvalue weighted by molar-refractivity contribution is 5.80. The average molecular weight is 233 g/mol. The van der Waals surface area contributed by atoms with Gasteiger partial charge in [-0.15, -0.1) is 0 Å². The molecule has 1 heterocycles. The molecular weight excluding hydrogens is 214 g/mol. The van der Waals surface area contributed by atoms with Crippen molar-refractivity contribution in [1.29, 1.82) is 0 Å². The van der Waals surface area contributed by atoms with Crippen LogP contribution in [0.4, 0.5) is 0 Å². The molecule has 0 radical (unpaired) electrons. The summed E-state index contributed by atoms with van der Waals surface area (Å²) in [4.78, 5) is 0. The SMILES string of the molecule is CC(CCCO)NCc1coc2ccccc12. The fourth-order valence-corrected chi connectivity index (χ4v) is 1.95. The Morgan fingerprint density at radius 1 is 1.35 bits per heavy atom. The van der Waals surface area contributed by atoms with E-state index >= 15 is 0 Å². The number of aliphatic hydroxyl groups is 1. The molecule has 0 saturated heterocycles. The maximum atomic E-state index is 8.77. The molecule has 1 unspecified atom stereocenters. The van der Waals surface area contributed by atoms with E-state index in [1.807, 2.05) is 24.5 Å². The molecule has 0 saturated carbocycles. The number of hydrogen-bond acceptors (Lipinski definition) is 3. The molecule has 1 atom stereocenters. The predicted octanol–water partition coefficient (Wildman–Crippen LogP) is 2.68. The molecule has 17 heavy (non-hydrogen) atoms. The van der Waals surface area contributed by atoms with Crippen molar-refractivity contribution < 1.29 is 9.52 Å². The van der Waals surface area contributed by atoms with Gasteiger partial charge in [-0.25, -0.2) is 0 Å². The van der Waals surface area contributed by atoms with Gasteiger partial charge in [0.25, 0.3) is 0 Å². The summed E-state index contributed by atoms with van der Waals surface area (Å²) in [5, 5.41) is 13.4. The van der Waals surface area contributed by atoms with Crippen molar-refractivity contribution in [3.8, 4) is 0 Å². The van der Waals surface area contributed by atoms with E-state index in [2.05, 4.69) is 18.3 Å². The molecule has 0 aliphatic heterocycles. The van der Waals surface area contributed by atoms with E-state index in [0.29, 0.717) is 6.04 Å². The minimum Gasteiger partial charge on any atom is -0.464 e. The maximum absolute atomic E-state index is 8.77. The van der Waals surface area contributed by atoms with E-state index in [4.69, 9.17) is 9.52 Å². The van der Waals surface area contributed by atoms with Gasteiger partial charge in [0, 0.05) is 30.1 Å². The van der Waals surface area contributed by atoms with Crippen molar-refractivity contribution in [3.05, 3.63) is 36.1 Å². The standard InChI is InChI=1S/C14H19NO2/c1-11(5-4-8-16)15-9-12-10-17-14-7-3-2-6-13(12)14/h2-3,6-7,10-11,15-16H,4-5,8-9H2,1H3. The zero-order chi connectivity index (χ0) is 12.1. The fraction of sp³-hybridized carbons (Fsp3) is 0.429. The number of para-hydroxylation sites is 1. The Kier molecular flexibility index (Phi) is 4.18. The summed E-state index contributed by atoms with van der Waals surface area (Å²) in [6, 6.07) is 8.47. The highest BCUT2D eigenvalue weighted by Crippen LogP contribution is 2.20. The third kappa shape index (κ3) is 3.08. The minimum absolute atomic E-state index is 0.265. The highest BCUT2D eigenvalue weighted by Gasteiger charge is 2.06. The zero-order valence-electron chi connectivity index (χ0n) is 10.1. The molecule has 3 nitrogen and oxygen atoms in total. The van der Waals surface area contributed by atoms with Crippen LogP contribution in [0.1, 0.15) is 25.3 Å². The second-order valence-electron chi connectivity index (χ2n) is 4.40. The van der Waals surface area contributed by atoms with Crippen LogP contribution in [0.5, 0.6) is 0 Å². The summed E-state index contributed by atoms with van der Waals surface area (Å²) < 4.78 is 5.48. The number of nitrogens with one attached hydrogen (secondary N) is 1. The van der Waals surface area contributed by atoms with Crippen molar-refractivity contribution in [2.24, 2.45) is 0 Å². The summed E-state index contributed by atoms with van der Waals surface area (Å²) in [5.41, 5.74) is 2.13. The van der Waals surface area contributed by atoms with Crippen molar-refractivity contribution >= 4 is 11.0 Å². The maximum Gasteiger partial charge on any atom is 0.134 e. The summed E-state index contributed by atoms with van der Waals surface area (Å²) >= 11 is 0. The normalized spacial score (nSPS) is 13.1. The van der Waals surface area contributed by atoms with E-state index in [-0.39, 0.29) is 6.61 Å². The van der Waals surface area contributed by atoms with Gasteiger partial charge in [-0.05, 0) is 25.8 Å². The van der Waals surface area contributed by atoms with Crippen LogP contribution in [0.2, 0.25) is 0 Å². The first kappa shape index (κ1) is 12.1. The Hall–Kier alpha value is -1.32. The lowest BCUT2D eigenvalue weighted by Gasteiger charge is -2.12. The van der Waals surface area contributed by atoms with Gasteiger partial charge in [0.2, 0.25) is 0 Å². The smallest absolute Gasteiger partial charge is 0.134 e. The molecule has 2 rings (SSSR count). The van der Waals surface area contributed by atoms with Crippen LogP contribution in [-0.4, -0.2) is 17.8 Å². The van der Waals surface area contributed by atoms with Gasteiger partial charge in [0.05, 0.1) is 6.26 Å². The molecule has 0 spiro atoms. The lowest BCUT2D eigenvalue weighted by atomic mass is 10.1. The molecule has 0 aliphatic rings. The third-order valence-electron chi connectivity index (χ3n) is 3.00. The zero-order valence-corrected chi connectivity index (χ0v) is 10.1. The summed E-state index contributed by atoms with van der Waals surface area (Å²) in [5.74, 6) is 0. The van der Waals surface area contributed by atoms with Gasteiger partial charge in [0.15, 0.2) is 0 Å². The Morgan fingerprint density at radius 2 is 2.18 bits per heavy atom. The van der Waals surface area contributed by atoms with Crippen LogP contribution in [0.25, 0.3) is 11.0 Å². The second kappa shape index (κ2) is 5.84. The lowest BCUT2D eigenvalue weighted by molar-refractivity contribution is 0.276. The molecule has 0 aliphatic carbocycles. The molecule has 1 aromatic carbocycles. The van der Waals surface area contributed by atoms with Gasteiger partial charge >= 0.3 is 0 Å². The number of fused-ring (bicyclic) bond motifs is 1. The number of benzene rings is 1. The quantitative estimate of drug-likeness (QED) is 0.806. The molecule has 0 fully saturated rings. The van der Waals surface area contributed by atoms with Crippen molar-refractivity contribution in [2.45, 2.75) is 32.4 Å². The van der Waals surface area contributed by atoms with Gasteiger partial charge in [0.1, 0.15) is 5.58 Å². The van der Waals surface area contributed by atoms with E-state index in [1.54, 1.807) is 0 Å². The van der Waals surface area contributed by atoms with Crippen LogP contribution in [0.15, 0.2) is 34.9 Å². The van der Waals surface area contributed by atoms with Crippen molar-refractivity contribution in [3.63, 3.8) is 0 Å². The number of rotatable bonds is 6. The molecule has 2 aromatic rings. The van der Waals surface area contributed by atoms with Gasteiger partial charge < -0.3 is 14.8 Å². The summed E-state index contributed by atoms with van der Waals surface area (Å²) in [6.45, 7) is 3.21. The van der Waals surface area contributed by atoms with Gasteiger partial charge in [-0.1, -0.05) is 18.2 Å². The first-order valence-electron chi connectivity index (χ1n) is 6.10. The van der Waals surface area contributed by atoms with E-state index in [9.17, 15) is 0 Å². The summed E-state index contributed by atoms with van der Waals surface area (Å²) in [7, 11) is 0. The van der Waals surface area contributed by atoms with Crippen LogP contribution >= 0.6 is 0 Å². The summed E-state index contributed by atoms with van der Waals surface area (Å²) in [6.07, 6.45) is 3.66. The highest BCUT2D eigenvalue weighted by atomic mass is 16.3. The Labute approximate surface area is 101 Å². The number of aliphatic hydroxyl groups excluding tert-OH is 1. The van der Waals surface area contributed by atoms with E-state index < -0.39 is 0 Å². The molecular formula is C14H19NO2. The molecule has 3 heteroatoms. The van der Waals surface area contributed by atoms with Gasteiger partial charge in [-0.3, -0.25) is 0 Å². The van der Waals surface area contributed by atoms with Crippen molar-refractivity contribution in [1.82, 2.24) is 5.32 Å². The largest absolute Gasteiger partial charge is 0.464 e. The predicted molar refractivity (Wildman–Crippen MR) is 68.8 cm³/mol. The fourth-order valence-electron chi connectivity index (χ4n) is 1.95. The number of furan rings is 1.